The first kappa shape index (κ1) is 19.9. The number of halogens is 1. The lowest BCUT2D eigenvalue weighted by Crippen LogP contribution is -2.41. The number of aryl methyl sites for hydroxylation is 2. The summed E-state index contributed by atoms with van der Waals surface area (Å²) < 4.78 is 0. The predicted molar refractivity (Wildman–Crippen MR) is 111 cm³/mol. The summed E-state index contributed by atoms with van der Waals surface area (Å²) in [4.78, 5) is 14.6. The number of hydrogen-bond donors (Lipinski definition) is 2. The highest BCUT2D eigenvalue weighted by molar-refractivity contribution is 6.30. The third kappa shape index (κ3) is 5.10. The molecule has 3 rings (SSSR count). The van der Waals surface area contributed by atoms with E-state index in [1.54, 1.807) is 7.05 Å². The second-order valence-electron chi connectivity index (χ2n) is 7.43. The molecular weight excluding hydrogens is 358 g/mol. The SMILES string of the molecule is CNC(=O)[C@@H]1C[C@H](NCc2cc(C)ccc2C)CN1Cc1cccc(Cl)c1. The van der Waals surface area contributed by atoms with Gasteiger partial charge in [-0.2, -0.15) is 0 Å². The molecule has 0 spiro atoms. The maximum Gasteiger partial charge on any atom is 0.237 e. The van der Waals surface area contributed by atoms with Gasteiger partial charge in [0.15, 0.2) is 0 Å². The molecule has 1 amide bonds. The standard InChI is InChI=1S/C22H28ClN3O/c1-15-7-8-16(2)18(9-15)12-25-20-11-21(22(27)24-3)26(14-20)13-17-5-4-6-19(23)10-17/h4-10,20-21,25H,11-14H2,1-3H3,(H,24,27)/t20-,21-/m0/s1. The lowest BCUT2D eigenvalue weighted by Gasteiger charge is -2.23. The largest absolute Gasteiger partial charge is 0.358 e. The number of hydrogen-bond acceptors (Lipinski definition) is 3. The topological polar surface area (TPSA) is 44.4 Å². The first-order valence-corrected chi connectivity index (χ1v) is 9.83. The Labute approximate surface area is 166 Å². The van der Waals surface area contributed by atoms with E-state index in [0.717, 1.165) is 36.6 Å². The average molecular weight is 386 g/mol. The minimum absolute atomic E-state index is 0.0769. The molecule has 0 saturated carbocycles. The highest BCUT2D eigenvalue weighted by Crippen LogP contribution is 2.23. The fraction of sp³-hybridized carbons (Fsp3) is 0.409. The summed E-state index contributed by atoms with van der Waals surface area (Å²) in [5, 5.41) is 7.19. The van der Waals surface area contributed by atoms with Gasteiger partial charge in [0.25, 0.3) is 0 Å². The van der Waals surface area contributed by atoms with Gasteiger partial charge in [-0.3, -0.25) is 9.69 Å². The van der Waals surface area contributed by atoms with Crippen LogP contribution in [0.25, 0.3) is 0 Å². The number of likely N-dealkylation sites (tertiary alicyclic amines) is 1. The van der Waals surface area contributed by atoms with E-state index in [4.69, 9.17) is 11.6 Å². The molecule has 1 aliphatic rings. The fourth-order valence-corrected chi connectivity index (χ4v) is 3.99. The van der Waals surface area contributed by atoms with Crippen molar-refractivity contribution in [1.29, 1.82) is 0 Å². The van der Waals surface area contributed by atoms with Crippen LogP contribution in [0.4, 0.5) is 0 Å². The van der Waals surface area contributed by atoms with Crippen LogP contribution >= 0.6 is 11.6 Å². The predicted octanol–water partition coefficient (Wildman–Crippen LogP) is 3.44. The summed E-state index contributed by atoms with van der Waals surface area (Å²) in [6, 6.07) is 14.6. The molecule has 4 nitrogen and oxygen atoms in total. The minimum atomic E-state index is -0.120. The minimum Gasteiger partial charge on any atom is -0.358 e. The Kier molecular flexibility index (Phi) is 6.53. The van der Waals surface area contributed by atoms with Crippen LogP contribution in [0.2, 0.25) is 5.02 Å². The van der Waals surface area contributed by atoms with Gasteiger partial charge in [-0.05, 0) is 49.1 Å². The van der Waals surface area contributed by atoms with E-state index >= 15 is 0 Å². The van der Waals surface area contributed by atoms with Gasteiger partial charge in [-0.15, -0.1) is 0 Å². The van der Waals surface area contributed by atoms with Crippen LogP contribution in [0.3, 0.4) is 0 Å². The van der Waals surface area contributed by atoms with Crippen LogP contribution in [0.5, 0.6) is 0 Å². The Bertz CT molecular complexity index is 808. The van der Waals surface area contributed by atoms with Gasteiger partial charge in [-0.1, -0.05) is 47.5 Å². The van der Waals surface area contributed by atoms with Crippen molar-refractivity contribution < 1.29 is 4.79 Å². The van der Waals surface area contributed by atoms with E-state index in [-0.39, 0.29) is 18.0 Å². The maximum absolute atomic E-state index is 12.4. The summed E-state index contributed by atoms with van der Waals surface area (Å²) >= 11 is 6.12. The smallest absolute Gasteiger partial charge is 0.237 e. The van der Waals surface area contributed by atoms with Crippen molar-refractivity contribution in [2.45, 2.75) is 45.4 Å². The number of benzene rings is 2. The normalized spacial score (nSPS) is 20.0. The van der Waals surface area contributed by atoms with Crippen LogP contribution in [-0.2, 0) is 17.9 Å². The molecule has 2 atom stereocenters. The third-order valence-corrected chi connectivity index (χ3v) is 5.55. The van der Waals surface area contributed by atoms with Crippen molar-refractivity contribution in [2.75, 3.05) is 13.6 Å². The molecular formula is C22H28ClN3O. The van der Waals surface area contributed by atoms with Crippen LogP contribution in [0.1, 0.15) is 28.7 Å². The van der Waals surface area contributed by atoms with Gasteiger partial charge in [0, 0.05) is 37.7 Å². The van der Waals surface area contributed by atoms with Crippen LogP contribution in [-0.4, -0.2) is 36.5 Å². The van der Waals surface area contributed by atoms with E-state index in [1.807, 2.05) is 18.2 Å². The van der Waals surface area contributed by atoms with Crippen molar-refractivity contribution in [3.63, 3.8) is 0 Å². The van der Waals surface area contributed by atoms with Gasteiger partial charge in [0.2, 0.25) is 5.91 Å². The lowest BCUT2D eigenvalue weighted by molar-refractivity contribution is -0.125. The Morgan fingerprint density at radius 2 is 2.04 bits per heavy atom. The van der Waals surface area contributed by atoms with Gasteiger partial charge < -0.3 is 10.6 Å². The zero-order chi connectivity index (χ0) is 19.4. The summed E-state index contributed by atoms with van der Waals surface area (Å²) in [7, 11) is 1.71. The second kappa shape index (κ2) is 8.87. The maximum atomic E-state index is 12.4. The number of carbonyl (C=O) groups excluding carboxylic acids is 1. The molecule has 0 aliphatic carbocycles. The average Bonchev–Trinajstić information content (AvgIpc) is 3.04. The molecule has 2 aromatic carbocycles. The molecule has 0 aromatic heterocycles. The van der Waals surface area contributed by atoms with Gasteiger partial charge in [-0.25, -0.2) is 0 Å². The quantitative estimate of drug-likeness (QED) is 0.800. The zero-order valence-corrected chi connectivity index (χ0v) is 17.0. The van der Waals surface area contributed by atoms with E-state index < -0.39 is 0 Å². The molecule has 1 aliphatic heterocycles. The molecule has 144 valence electrons. The zero-order valence-electron chi connectivity index (χ0n) is 16.3. The van der Waals surface area contributed by atoms with Crippen molar-refractivity contribution in [3.8, 4) is 0 Å². The first-order chi connectivity index (χ1) is 13.0. The first-order valence-electron chi connectivity index (χ1n) is 9.46. The van der Waals surface area contributed by atoms with E-state index in [1.165, 1.54) is 16.7 Å². The number of rotatable bonds is 6. The van der Waals surface area contributed by atoms with Crippen molar-refractivity contribution in [2.24, 2.45) is 0 Å². The number of nitrogens with one attached hydrogen (secondary N) is 2. The number of nitrogens with zero attached hydrogens (tertiary/aromatic N) is 1. The van der Waals surface area contributed by atoms with Gasteiger partial charge in [0.1, 0.15) is 0 Å². The Balaban J connectivity index is 1.67. The van der Waals surface area contributed by atoms with E-state index in [9.17, 15) is 4.79 Å². The van der Waals surface area contributed by atoms with Crippen molar-refractivity contribution >= 4 is 17.5 Å². The van der Waals surface area contributed by atoms with Crippen molar-refractivity contribution in [3.05, 3.63) is 69.7 Å². The van der Waals surface area contributed by atoms with Crippen LogP contribution in [0.15, 0.2) is 42.5 Å². The highest BCUT2D eigenvalue weighted by Gasteiger charge is 2.36. The molecule has 5 heteroatoms. The Hall–Kier alpha value is -1.88. The van der Waals surface area contributed by atoms with Crippen molar-refractivity contribution in [1.82, 2.24) is 15.5 Å². The summed E-state index contributed by atoms with van der Waals surface area (Å²) in [6.07, 6.45) is 0.811. The van der Waals surface area contributed by atoms with Crippen LogP contribution < -0.4 is 10.6 Å². The number of amides is 1. The second-order valence-corrected chi connectivity index (χ2v) is 7.87. The lowest BCUT2D eigenvalue weighted by atomic mass is 10.0. The molecule has 27 heavy (non-hydrogen) atoms. The summed E-state index contributed by atoms with van der Waals surface area (Å²) in [6.45, 7) is 6.65. The molecule has 2 N–H and O–H groups in total. The Morgan fingerprint density at radius 3 is 2.78 bits per heavy atom. The number of carbonyl (C=O) groups is 1. The Morgan fingerprint density at radius 1 is 1.22 bits per heavy atom. The monoisotopic (exact) mass is 385 g/mol. The number of likely N-dealkylation sites (N-methyl/N-ethyl adjacent to an activating group) is 1. The van der Waals surface area contributed by atoms with E-state index in [2.05, 4.69) is 53.6 Å². The highest BCUT2D eigenvalue weighted by atomic mass is 35.5. The van der Waals surface area contributed by atoms with Crippen LogP contribution in [0, 0.1) is 13.8 Å². The molecule has 0 unspecified atom stereocenters. The third-order valence-electron chi connectivity index (χ3n) is 5.31. The van der Waals surface area contributed by atoms with E-state index in [0.29, 0.717) is 0 Å². The summed E-state index contributed by atoms with van der Waals surface area (Å²) in [5.41, 5.74) is 5.02. The molecule has 1 fully saturated rings. The molecule has 1 saturated heterocycles. The molecule has 0 bridgehead atoms. The fourth-order valence-electron chi connectivity index (χ4n) is 3.78. The summed E-state index contributed by atoms with van der Waals surface area (Å²) in [5.74, 6) is 0.0769. The van der Waals surface area contributed by atoms with Gasteiger partial charge in [0.05, 0.1) is 6.04 Å². The molecule has 1 heterocycles. The molecule has 0 radical (unpaired) electrons. The van der Waals surface area contributed by atoms with Gasteiger partial charge >= 0.3 is 0 Å². The molecule has 2 aromatic rings.